The van der Waals surface area contributed by atoms with E-state index in [-0.39, 0.29) is 0 Å². The predicted octanol–water partition coefficient (Wildman–Crippen LogP) is 4.12. The zero-order chi connectivity index (χ0) is 14.5. The quantitative estimate of drug-likeness (QED) is 0.833. The molecule has 0 radical (unpaired) electrons. The maximum Gasteiger partial charge on any atom is 0.118 e. The summed E-state index contributed by atoms with van der Waals surface area (Å²) in [5.41, 5.74) is 1.20. The molecule has 0 spiro atoms. The fourth-order valence-corrected chi connectivity index (χ4v) is 3.12. The van der Waals surface area contributed by atoms with E-state index < -0.39 is 0 Å². The highest BCUT2D eigenvalue weighted by molar-refractivity contribution is 7.16. The van der Waals surface area contributed by atoms with Gasteiger partial charge in [-0.3, -0.25) is 4.90 Å². The summed E-state index contributed by atoms with van der Waals surface area (Å²) in [7, 11) is 2.09. The number of hydrogen-bond donors (Lipinski definition) is 1. The van der Waals surface area contributed by atoms with Gasteiger partial charge in [-0.1, -0.05) is 25.4 Å². The van der Waals surface area contributed by atoms with E-state index in [0.717, 1.165) is 29.7 Å². The van der Waals surface area contributed by atoms with Crippen molar-refractivity contribution in [3.05, 3.63) is 45.0 Å². The summed E-state index contributed by atoms with van der Waals surface area (Å²) >= 11 is 7.57. The summed E-state index contributed by atoms with van der Waals surface area (Å²) in [5, 5.41) is 3.38. The third kappa shape index (κ3) is 4.94. The number of rotatable bonds is 7. The molecule has 0 atom stereocenters. The Labute approximate surface area is 129 Å². The molecule has 0 aliphatic heterocycles. The minimum atomic E-state index is 0.486. The topological polar surface area (TPSA) is 28.4 Å². The molecule has 0 unspecified atom stereocenters. The van der Waals surface area contributed by atoms with Gasteiger partial charge in [-0.05, 0) is 25.2 Å². The number of nitrogens with zero attached hydrogens (tertiary/aromatic N) is 1. The second kappa shape index (κ2) is 7.27. The SMILES string of the molecule is CC(C)NCc1coc(CN(C)Cc2ccc(Cl)s2)c1. The molecule has 1 N–H and O–H groups in total. The van der Waals surface area contributed by atoms with Crippen molar-refractivity contribution < 1.29 is 4.42 Å². The van der Waals surface area contributed by atoms with E-state index in [1.807, 2.05) is 12.3 Å². The molecule has 0 amide bonds. The lowest BCUT2D eigenvalue weighted by atomic mass is 10.2. The molecule has 110 valence electrons. The monoisotopic (exact) mass is 312 g/mol. The molecule has 2 rings (SSSR count). The van der Waals surface area contributed by atoms with Crippen LogP contribution in [0.1, 0.15) is 30.0 Å². The van der Waals surface area contributed by atoms with E-state index in [0.29, 0.717) is 6.04 Å². The van der Waals surface area contributed by atoms with Crippen molar-refractivity contribution in [2.45, 2.75) is 39.5 Å². The van der Waals surface area contributed by atoms with Gasteiger partial charge in [0.15, 0.2) is 0 Å². The van der Waals surface area contributed by atoms with Gasteiger partial charge in [0.25, 0.3) is 0 Å². The zero-order valence-corrected chi connectivity index (χ0v) is 13.7. The van der Waals surface area contributed by atoms with Crippen LogP contribution in [0.25, 0.3) is 0 Å². The van der Waals surface area contributed by atoms with Crippen molar-refractivity contribution in [2.75, 3.05) is 7.05 Å². The summed E-state index contributed by atoms with van der Waals surface area (Å²) in [4.78, 5) is 3.49. The molecule has 2 aromatic rings. The maximum atomic E-state index is 5.94. The lowest BCUT2D eigenvalue weighted by Crippen LogP contribution is -2.21. The predicted molar refractivity (Wildman–Crippen MR) is 85.2 cm³/mol. The van der Waals surface area contributed by atoms with Crippen LogP contribution in [0.3, 0.4) is 0 Å². The normalized spacial score (nSPS) is 11.7. The lowest BCUT2D eigenvalue weighted by Gasteiger charge is -2.13. The first kappa shape index (κ1) is 15.6. The highest BCUT2D eigenvalue weighted by atomic mass is 35.5. The molecule has 2 heterocycles. The Bertz CT molecular complexity index is 535. The number of nitrogens with one attached hydrogen (secondary N) is 1. The van der Waals surface area contributed by atoms with E-state index in [4.69, 9.17) is 16.0 Å². The van der Waals surface area contributed by atoms with Gasteiger partial charge in [0.2, 0.25) is 0 Å². The first-order valence-corrected chi connectivity index (χ1v) is 7.95. The fraction of sp³-hybridized carbons (Fsp3) is 0.467. The minimum Gasteiger partial charge on any atom is -0.468 e. The van der Waals surface area contributed by atoms with E-state index in [9.17, 15) is 0 Å². The number of thiophene rings is 1. The van der Waals surface area contributed by atoms with Crippen molar-refractivity contribution in [3.63, 3.8) is 0 Å². The number of furan rings is 1. The van der Waals surface area contributed by atoms with Crippen LogP contribution < -0.4 is 5.32 Å². The van der Waals surface area contributed by atoms with Gasteiger partial charge in [0.1, 0.15) is 5.76 Å². The number of hydrogen-bond acceptors (Lipinski definition) is 4. The van der Waals surface area contributed by atoms with Gasteiger partial charge in [-0.25, -0.2) is 0 Å². The molecule has 2 aromatic heterocycles. The lowest BCUT2D eigenvalue weighted by molar-refractivity contribution is 0.290. The summed E-state index contributed by atoms with van der Waals surface area (Å²) in [6.45, 7) is 6.82. The minimum absolute atomic E-state index is 0.486. The van der Waals surface area contributed by atoms with E-state index in [1.54, 1.807) is 11.3 Å². The zero-order valence-electron chi connectivity index (χ0n) is 12.1. The standard InChI is InChI=1S/C15H21ClN2OS/c1-11(2)17-7-12-6-13(19-10-12)8-18(3)9-14-4-5-15(16)20-14/h4-6,10-11,17H,7-9H2,1-3H3. The van der Waals surface area contributed by atoms with Gasteiger partial charge in [-0.2, -0.15) is 0 Å². The largest absolute Gasteiger partial charge is 0.468 e. The van der Waals surface area contributed by atoms with Crippen molar-refractivity contribution >= 4 is 22.9 Å². The number of halogens is 1. The Hall–Kier alpha value is -0.810. The van der Waals surface area contributed by atoms with Crippen LogP contribution in [0.4, 0.5) is 0 Å². The second-order valence-electron chi connectivity index (χ2n) is 5.33. The summed E-state index contributed by atoms with van der Waals surface area (Å²) in [6.07, 6.45) is 1.83. The highest BCUT2D eigenvalue weighted by Gasteiger charge is 2.08. The van der Waals surface area contributed by atoms with E-state index >= 15 is 0 Å². The third-order valence-corrected chi connectivity index (χ3v) is 4.12. The second-order valence-corrected chi connectivity index (χ2v) is 7.13. The van der Waals surface area contributed by atoms with E-state index in [2.05, 4.69) is 43.2 Å². The van der Waals surface area contributed by atoms with E-state index in [1.165, 1.54) is 10.4 Å². The molecular weight excluding hydrogens is 292 g/mol. The average Bonchev–Trinajstić information content (AvgIpc) is 2.96. The van der Waals surface area contributed by atoms with Gasteiger partial charge >= 0.3 is 0 Å². The van der Waals surface area contributed by atoms with Crippen LogP contribution in [0.15, 0.2) is 28.9 Å². The van der Waals surface area contributed by atoms with Crippen LogP contribution in [0, 0.1) is 0 Å². The van der Waals surface area contributed by atoms with Crippen LogP contribution in [-0.2, 0) is 19.6 Å². The van der Waals surface area contributed by atoms with Crippen LogP contribution in [0.5, 0.6) is 0 Å². The molecule has 3 nitrogen and oxygen atoms in total. The smallest absolute Gasteiger partial charge is 0.118 e. The van der Waals surface area contributed by atoms with Crippen LogP contribution in [0.2, 0.25) is 4.34 Å². The first-order valence-electron chi connectivity index (χ1n) is 6.75. The van der Waals surface area contributed by atoms with Crippen molar-refractivity contribution in [1.29, 1.82) is 0 Å². The Balaban J connectivity index is 1.83. The fourth-order valence-electron chi connectivity index (χ4n) is 1.95. The Morgan fingerprint density at radius 2 is 2.15 bits per heavy atom. The van der Waals surface area contributed by atoms with Crippen molar-refractivity contribution in [2.24, 2.45) is 0 Å². The molecule has 0 aromatic carbocycles. The molecule has 0 fully saturated rings. The Morgan fingerprint density at radius 3 is 2.80 bits per heavy atom. The Kier molecular flexibility index (Phi) is 5.66. The summed E-state index contributed by atoms with van der Waals surface area (Å²) < 4.78 is 6.45. The summed E-state index contributed by atoms with van der Waals surface area (Å²) in [6, 6.07) is 6.62. The molecule has 20 heavy (non-hydrogen) atoms. The Morgan fingerprint density at radius 1 is 1.35 bits per heavy atom. The maximum absolute atomic E-state index is 5.94. The van der Waals surface area contributed by atoms with Crippen molar-refractivity contribution in [1.82, 2.24) is 10.2 Å². The van der Waals surface area contributed by atoms with Gasteiger partial charge in [-0.15, -0.1) is 11.3 Å². The molecule has 5 heteroatoms. The molecule has 0 aliphatic rings. The average molecular weight is 313 g/mol. The molecule has 0 saturated heterocycles. The molecule has 0 bridgehead atoms. The summed E-state index contributed by atoms with van der Waals surface area (Å²) in [5.74, 6) is 0.996. The van der Waals surface area contributed by atoms with Crippen LogP contribution >= 0.6 is 22.9 Å². The third-order valence-electron chi connectivity index (χ3n) is 2.90. The van der Waals surface area contributed by atoms with Gasteiger partial charge < -0.3 is 9.73 Å². The molecule has 0 saturated carbocycles. The van der Waals surface area contributed by atoms with Gasteiger partial charge in [0.05, 0.1) is 17.1 Å². The van der Waals surface area contributed by atoms with Crippen LogP contribution in [-0.4, -0.2) is 18.0 Å². The highest BCUT2D eigenvalue weighted by Crippen LogP contribution is 2.23. The van der Waals surface area contributed by atoms with Crippen molar-refractivity contribution in [3.8, 4) is 0 Å². The molecule has 0 aliphatic carbocycles. The molecular formula is C15H21ClN2OS. The van der Waals surface area contributed by atoms with Gasteiger partial charge in [0, 0.05) is 29.6 Å². The first-order chi connectivity index (χ1) is 9.52.